The van der Waals surface area contributed by atoms with Gasteiger partial charge in [-0.2, -0.15) is 5.10 Å². The molecule has 0 fully saturated rings. The lowest BCUT2D eigenvalue weighted by Gasteiger charge is -2.06. The third kappa shape index (κ3) is 2.58. The monoisotopic (exact) mass is 323 g/mol. The summed E-state index contributed by atoms with van der Waals surface area (Å²) < 4.78 is 4.07. The largest absolute Gasteiger partial charge is 0.307 e. The van der Waals surface area contributed by atoms with Crippen molar-refractivity contribution in [1.29, 1.82) is 0 Å². The lowest BCUT2D eigenvalue weighted by Crippen LogP contribution is -2.06. The number of imidazole rings is 1. The summed E-state index contributed by atoms with van der Waals surface area (Å²) in [5.41, 5.74) is 3.08. The predicted molar refractivity (Wildman–Crippen MR) is 86.0 cm³/mol. The van der Waals surface area contributed by atoms with Crippen LogP contribution in [0.3, 0.4) is 0 Å². The van der Waals surface area contributed by atoms with Crippen LogP contribution in [-0.4, -0.2) is 24.3 Å². The third-order valence-corrected chi connectivity index (χ3v) is 4.60. The number of fused-ring (bicyclic) bond motifs is 1. The molecule has 0 N–H and O–H groups in total. The van der Waals surface area contributed by atoms with Crippen LogP contribution in [0.25, 0.3) is 11.2 Å². The van der Waals surface area contributed by atoms with Gasteiger partial charge < -0.3 is 4.57 Å². The zero-order valence-corrected chi connectivity index (χ0v) is 14.0. The number of halogens is 1. The minimum absolute atomic E-state index is 0.401. The molecular formula is C14H18ClN5S. The Kier molecular flexibility index (Phi) is 3.99. The van der Waals surface area contributed by atoms with Gasteiger partial charge in [0.25, 0.3) is 0 Å². The van der Waals surface area contributed by atoms with Crippen LogP contribution >= 0.6 is 22.9 Å². The van der Waals surface area contributed by atoms with Crippen molar-refractivity contribution in [3.63, 3.8) is 0 Å². The zero-order chi connectivity index (χ0) is 15.0. The fourth-order valence-electron chi connectivity index (χ4n) is 2.59. The standard InChI is InChI=1S/C14H18ClN5S/c1-4-5-11-13-14(19(3)18-11)20(12(6-15)17-13)8-10-7-16-9(2)21-10/h7H,4-6,8H2,1-3H3. The van der Waals surface area contributed by atoms with Crippen LogP contribution in [0.2, 0.25) is 0 Å². The molecule has 0 aliphatic heterocycles. The van der Waals surface area contributed by atoms with Gasteiger partial charge in [0.2, 0.25) is 0 Å². The molecule has 0 aliphatic carbocycles. The highest BCUT2D eigenvalue weighted by atomic mass is 35.5. The zero-order valence-electron chi connectivity index (χ0n) is 12.4. The molecule has 7 heteroatoms. The van der Waals surface area contributed by atoms with Crippen molar-refractivity contribution >= 4 is 34.1 Å². The van der Waals surface area contributed by atoms with Gasteiger partial charge in [-0.25, -0.2) is 9.97 Å². The van der Waals surface area contributed by atoms with Gasteiger partial charge in [0.05, 0.1) is 23.1 Å². The Labute approximate surface area is 132 Å². The summed E-state index contributed by atoms with van der Waals surface area (Å²) >= 11 is 7.79. The Morgan fingerprint density at radius 1 is 1.38 bits per heavy atom. The van der Waals surface area contributed by atoms with Crippen LogP contribution in [0.1, 0.15) is 34.7 Å². The molecule has 0 unspecified atom stereocenters. The van der Waals surface area contributed by atoms with Crippen molar-refractivity contribution in [3.05, 3.63) is 27.6 Å². The third-order valence-electron chi connectivity index (χ3n) is 3.46. The van der Waals surface area contributed by atoms with E-state index in [9.17, 15) is 0 Å². The second-order valence-corrected chi connectivity index (χ2v) is 6.67. The van der Waals surface area contributed by atoms with Gasteiger partial charge in [-0.1, -0.05) is 13.3 Å². The van der Waals surface area contributed by atoms with Crippen molar-refractivity contribution < 1.29 is 0 Å². The molecule has 0 spiro atoms. The summed E-state index contributed by atoms with van der Waals surface area (Å²) in [4.78, 5) is 10.2. The van der Waals surface area contributed by atoms with Crippen molar-refractivity contribution in [2.24, 2.45) is 7.05 Å². The Balaban J connectivity index is 2.11. The van der Waals surface area contributed by atoms with Crippen LogP contribution in [0.15, 0.2) is 6.20 Å². The first-order chi connectivity index (χ1) is 10.1. The molecule has 21 heavy (non-hydrogen) atoms. The van der Waals surface area contributed by atoms with E-state index in [1.165, 1.54) is 4.88 Å². The minimum Gasteiger partial charge on any atom is -0.307 e. The molecule has 0 atom stereocenters. The Bertz CT molecular complexity index is 770. The highest BCUT2D eigenvalue weighted by molar-refractivity contribution is 7.11. The van der Waals surface area contributed by atoms with Gasteiger partial charge in [-0.05, 0) is 13.3 Å². The highest BCUT2D eigenvalue weighted by Gasteiger charge is 2.19. The normalized spacial score (nSPS) is 11.6. The van der Waals surface area contributed by atoms with Crippen LogP contribution < -0.4 is 0 Å². The smallest absolute Gasteiger partial charge is 0.159 e. The molecule has 0 amide bonds. The van der Waals surface area contributed by atoms with Gasteiger partial charge in [0, 0.05) is 18.1 Å². The van der Waals surface area contributed by atoms with E-state index >= 15 is 0 Å². The topological polar surface area (TPSA) is 48.5 Å². The summed E-state index contributed by atoms with van der Waals surface area (Å²) in [5.74, 6) is 1.29. The first kappa shape index (κ1) is 14.5. The van der Waals surface area contributed by atoms with Crippen molar-refractivity contribution in [3.8, 4) is 0 Å². The molecule has 112 valence electrons. The van der Waals surface area contributed by atoms with E-state index in [0.29, 0.717) is 5.88 Å². The maximum atomic E-state index is 6.09. The fraction of sp³-hybridized carbons (Fsp3) is 0.500. The summed E-state index contributed by atoms with van der Waals surface area (Å²) in [6, 6.07) is 0. The van der Waals surface area contributed by atoms with Crippen LogP contribution in [0, 0.1) is 6.92 Å². The molecule has 5 nitrogen and oxygen atoms in total. The van der Waals surface area contributed by atoms with Crippen LogP contribution in [-0.2, 0) is 25.9 Å². The number of hydrogen-bond donors (Lipinski definition) is 0. The summed E-state index contributed by atoms with van der Waals surface area (Å²) in [5, 5.41) is 5.67. The number of alkyl halides is 1. The van der Waals surface area contributed by atoms with E-state index in [-0.39, 0.29) is 0 Å². The number of rotatable bonds is 5. The first-order valence-corrected chi connectivity index (χ1v) is 8.37. The average Bonchev–Trinajstić information content (AvgIpc) is 3.09. The highest BCUT2D eigenvalue weighted by Crippen LogP contribution is 2.24. The Hall–Kier alpha value is -1.40. The lowest BCUT2D eigenvalue weighted by molar-refractivity contribution is 0.695. The molecular weight excluding hydrogens is 306 g/mol. The minimum atomic E-state index is 0.401. The van der Waals surface area contributed by atoms with E-state index in [1.807, 2.05) is 24.9 Å². The molecule has 3 aromatic rings. The van der Waals surface area contributed by atoms with Crippen LogP contribution in [0.5, 0.6) is 0 Å². The number of hydrogen-bond acceptors (Lipinski definition) is 4. The van der Waals surface area contributed by atoms with Crippen LogP contribution in [0.4, 0.5) is 0 Å². The van der Waals surface area contributed by atoms with E-state index in [0.717, 1.165) is 47.1 Å². The number of aromatic nitrogens is 5. The fourth-order valence-corrected chi connectivity index (χ4v) is 3.58. The molecule has 3 rings (SSSR count). The molecule has 0 aliphatic rings. The van der Waals surface area contributed by atoms with Gasteiger partial charge >= 0.3 is 0 Å². The molecule has 3 aromatic heterocycles. The van der Waals surface area contributed by atoms with Crippen molar-refractivity contribution in [1.82, 2.24) is 24.3 Å². The summed E-state index contributed by atoms with van der Waals surface area (Å²) in [6.07, 6.45) is 3.92. The molecule has 0 radical (unpaired) electrons. The van der Waals surface area contributed by atoms with Crippen molar-refractivity contribution in [2.75, 3.05) is 0 Å². The van der Waals surface area contributed by atoms with Gasteiger partial charge in [-0.3, -0.25) is 4.68 Å². The van der Waals surface area contributed by atoms with E-state index in [2.05, 4.69) is 21.6 Å². The van der Waals surface area contributed by atoms with Crippen molar-refractivity contribution in [2.45, 2.75) is 39.1 Å². The summed E-state index contributed by atoms with van der Waals surface area (Å²) in [7, 11) is 1.97. The molecule has 0 bridgehead atoms. The van der Waals surface area contributed by atoms with E-state index in [1.54, 1.807) is 11.3 Å². The number of nitrogens with zero attached hydrogens (tertiary/aromatic N) is 5. The Morgan fingerprint density at radius 3 is 2.81 bits per heavy atom. The molecule has 0 saturated heterocycles. The van der Waals surface area contributed by atoms with E-state index in [4.69, 9.17) is 16.6 Å². The average molecular weight is 324 g/mol. The second kappa shape index (κ2) is 5.77. The first-order valence-electron chi connectivity index (χ1n) is 7.02. The second-order valence-electron chi connectivity index (χ2n) is 5.09. The van der Waals surface area contributed by atoms with Gasteiger partial charge in [0.15, 0.2) is 5.65 Å². The molecule has 3 heterocycles. The maximum absolute atomic E-state index is 6.09. The number of thiazole rings is 1. The molecule has 0 saturated carbocycles. The Morgan fingerprint density at radius 2 is 2.19 bits per heavy atom. The van der Waals surface area contributed by atoms with Gasteiger partial charge in [-0.15, -0.1) is 22.9 Å². The van der Waals surface area contributed by atoms with E-state index < -0.39 is 0 Å². The molecule has 0 aromatic carbocycles. The summed E-state index contributed by atoms with van der Waals surface area (Å²) in [6.45, 7) is 4.92. The van der Waals surface area contributed by atoms with Gasteiger partial charge in [0.1, 0.15) is 11.3 Å². The predicted octanol–water partition coefficient (Wildman–Crippen LogP) is 3.27. The quantitative estimate of drug-likeness (QED) is 0.677. The maximum Gasteiger partial charge on any atom is 0.159 e. The lowest BCUT2D eigenvalue weighted by atomic mass is 10.2. The number of aryl methyl sites for hydroxylation is 3. The SMILES string of the molecule is CCCc1nn(C)c2c1nc(CCl)n2Cc1cnc(C)s1.